The van der Waals surface area contributed by atoms with Gasteiger partial charge in [0.15, 0.2) is 0 Å². The van der Waals surface area contributed by atoms with E-state index in [-0.39, 0.29) is 12.4 Å². The Morgan fingerprint density at radius 2 is 1.46 bits per heavy atom. The van der Waals surface area contributed by atoms with Gasteiger partial charge in [-0.05, 0) is 36.7 Å². The predicted octanol–water partition coefficient (Wildman–Crippen LogP) is 3.33. The average molecular weight is 347 g/mol. The first-order chi connectivity index (χ1) is 11.3. The molecule has 3 rings (SSSR count). The Balaban J connectivity index is 0.00000208. The molecule has 1 aliphatic rings. The van der Waals surface area contributed by atoms with Crippen molar-refractivity contribution < 1.29 is 4.74 Å². The fourth-order valence-corrected chi connectivity index (χ4v) is 2.90. The standard InChI is InChI=1S/C20H26N2O.ClH/c1-21-11-13-22(14-12-21)15-16-23-20-9-7-19(8-10-20)17-18-5-3-2-4-6-18;/h2-10H,11-17H2,1H3;1H. The smallest absolute Gasteiger partial charge is 0.119 e. The van der Waals surface area contributed by atoms with Gasteiger partial charge in [0.1, 0.15) is 12.4 Å². The minimum Gasteiger partial charge on any atom is -0.492 e. The second-order valence-electron chi connectivity index (χ2n) is 6.30. The Labute approximate surface area is 151 Å². The molecule has 0 unspecified atom stereocenters. The molecule has 130 valence electrons. The first-order valence-corrected chi connectivity index (χ1v) is 8.46. The van der Waals surface area contributed by atoms with Gasteiger partial charge in [0.25, 0.3) is 0 Å². The second kappa shape index (κ2) is 9.67. The van der Waals surface area contributed by atoms with E-state index in [1.165, 1.54) is 11.1 Å². The van der Waals surface area contributed by atoms with Gasteiger partial charge in [-0.1, -0.05) is 42.5 Å². The molecular formula is C20H27ClN2O. The van der Waals surface area contributed by atoms with Crippen LogP contribution in [-0.2, 0) is 6.42 Å². The van der Waals surface area contributed by atoms with E-state index in [9.17, 15) is 0 Å². The fourth-order valence-electron chi connectivity index (χ4n) is 2.90. The zero-order chi connectivity index (χ0) is 15.9. The van der Waals surface area contributed by atoms with Crippen LogP contribution in [0, 0.1) is 0 Å². The van der Waals surface area contributed by atoms with Crippen LogP contribution in [0.2, 0.25) is 0 Å². The number of likely N-dealkylation sites (N-methyl/N-ethyl adjacent to an activating group) is 1. The molecule has 3 nitrogen and oxygen atoms in total. The summed E-state index contributed by atoms with van der Waals surface area (Å²) in [6.45, 7) is 6.40. The molecule has 1 fully saturated rings. The zero-order valence-electron chi connectivity index (χ0n) is 14.4. The molecule has 4 heteroatoms. The van der Waals surface area contributed by atoms with Crippen LogP contribution >= 0.6 is 12.4 Å². The van der Waals surface area contributed by atoms with Crippen LogP contribution in [0.1, 0.15) is 11.1 Å². The third-order valence-electron chi connectivity index (χ3n) is 4.45. The highest BCUT2D eigenvalue weighted by Gasteiger charge is 2.13. The summed E-state index contributed by atoms with van der Waals surface area (Å²) in [5.41, 5.74) is 2.67. The minimum atomic E-state index is 0. The molecule has 1 heterocycles. The van der Waals surface area contributed by atoms with E-state index in [1.807, 2.05) is 0 Å². The van der Waals surface area contributed by atoms with E-state index >= 15 is 0 Å². The van der Waals surface area contributed by atoms with Gasteiger partial charge in [0, 0.05) is 32.7 Å². The lowest BCUT2D eigenvalue weighted by molar-refractivity contribution is 0.134. The van der Waals surface area contributed by atoms with E-state index in [4.69, 9.17) is 4.74 Å². The number of rotatable bonds is 6. The van der Waals surface area contributed by atoms with Crippen LogP contribution in [0.4, 0.5) is 0 Å². The van der Waals surface area contributed by atoms with E-state index in [1.54, 1.807) is 0 Å². The van der Waals surface area contributed by atoms with Crippen molar-refractivity contribution >= 4 is 12.4 Å². The lowest BCUT2D eigenvalue weighted by Gasteiger charge is -2.32. The highest BCUT2D eigenvalue weighted by Crippen LogP contribution is 2.15. The summed E-state index contributed by atoms with van der Waals surface area (Å²) in [5.74, 6) is 0.968. The summed E-state index contributed by atoms with van der Waals surface area (Å²) in [5, 5.41) is 0. The Morgan fingerprint density at radius 1 is 0.833 bits per heavy atom. The van der Waals surface area contributed by atoms with Gasteiger partial charge in [-0.15, -0.1) is 12.4 Å². The molecule has 0 amide bonds. The number of piperazine rings is 1. The fraction of sp³-hybridized carbons (Fsp3) is 0.400. The van der Waals surface area contributed by atoms with Crippen molar-refractivity contribution in [2.24, 2.45) is 0 Å². The molecule has 0 radical (unpaired) electrons. The summed E-state index contributed by atoms with van der Waals surface area (Å²) < 4.78 is 5.89. The molecule has 0 aromatic heterocycles. The third-order valence-corrected chi connectivity index (χ3v) is 4.45. The van der Waals surface area contributed by atoms with Gasteiger partial charge >= 0.3 is 0 Å². The van der Waals surface area contributed by atoms with Gasteiger partial charge in [-0.3, -0.25) is 4.90 Å². The van der Waals surface area contributed by atoms with Crippen molar-refractivity contribution in [1.82, 2.24) is 9.80 Å². The van der Waals surface area contributed by atoms with Crippen molar-refractivity contribution in [3.63, 3.8) is 0 Å². The average Bonchev–Trinajstić information content (AvgIpc) is 2.59. The molecular weight excluding hydrogens is 320 g/mol. The summed E-state index contributed by atoms with van der Waals surface area (Å²) in [6.07, 6.45) is 0.975. The predicted molar refractivity (Wildman–Crippen MR) is 102 cm³/mol. The summed E-state index contributed by atoms with van der Waals surface area (Å²) in [7, 11) is 2.19. The van der Waals surface area contributed by atoms with Crippen LogP contribution in [-0.4, -0.2) is 56.2 Å². The molecule has 2 aromatic rings. The molecule has 0 spiro atoms. The number of benzene rings is 2. The van der Waals surface area contributed by atoms with Gasteiger partial charge in [0.05, 0.1) is 0 Å². The van der Waals surface area contributed by atoms with Crippen LogP contribution in [0.5, 0.6) is 5.75 Å². The highest BCUT2D eigenvalue weighted by atomic mass is 35.5. The number of hydrogen-bond donors (Lipinski definition) is 0. The molecule has 0 aliphatic carbocycles. The van der Waals surface area contributed by atoms with Crippen molar-refractivity contribution in [1.29, 1.82) is 0 Å². The van der Waals surface area contributed by atoms with Crippen LogP contribution in [0.15, 0.2) is 54.6 Å². The first-order valence-electron chi connectivity index (χ1n) is 8.46. The van der Waals surface area contributed by atoms with E-state index in [0.717, 1.165) is 51.5 Å². The number of halogens is 1. The Kier molecular flexibility index (Phi) is 7.57. The summed E-state index contributed by atoms with van der Waals surface area (Å²) in [4.78, 5) is 4.85. The molecule has 2 aromatic carbocycles. The van der Waals surface area contributed by atoms with Crippen molar-refractivity contribution in [2.75, 3.05) is 46.4 Å². The van der Waals surface area contributed by atoms with Gasteiger partial charge in [0.2, 0.25) is 0 Å². The topological polar surface area (TPSA) is 15.7 Å². The Hall–Kier alpha value is -1.55. The van der Waals surface area contributed by atoms with E-state index < -0.39 is 0 Å². The minimum absolute atomic E-state index is 0. The maximum Gasteiger partial charge on any atom is 0.119 e. The summed E-state index contributed by atoms with van der Waals surface area (Å²) in [6, 6.07) is 19.1. The molecule has 0 atom stereocenters. The third kappa shape index (κ3) is 5.82. The Morgan fingerprint density at radius 3 is 2.12 bits per heavy atom. The molecule has 24 heavy (non-hydrogen) atoms. The first kappa shape index (κ1) is 18.8. The molecule has 0 N–H and O–H groups in total. The lowest BCUT2D eigenvalue weighted by atomic mass is 10.1. The van der Waals surface area contributed by atoms with Crippen LogP contribution < -0.4 is 4.74 Å². The largest absolute Gasteiger partial charge is 0.492 e. The van der Waals surface area contributed by atoms with Crippen molar-refractivity contribution in [3.8, 4) is 5.75 Å². The molecule has 1 saturated heterocycles. The Bertz CT molecular complexity index is 580. The summed E-state index contributed by atoms with van der Waals surface area (Å²) >= 11 is 0. The molecule has 0 bridgehead atoms. The van der Waals surface area contributed by atoms with Gasteiger partial charge in [-0.2, -0.15) is 0 Å². The SMILES string of the molecule is CN1CCN(CCOc2ccc(Cc3ccccc3)cc2)CC1.Cl. The maximum absolute atomic E-state index is 5.89. The number of nitrogens with zero attached hydrogens (tertiary/aromatic N) is 2. The zero-order valence-corrected chi connectivity index (χ0v) is 15.2. The van der Waals surface area contributed by atoms with Crippen molar-refractivity contribution in [2.45, 2.75) is 6.42 Å². The quantitative estimate of drug-likeness (QED) is 0.798. The lowest BCUT2D eigenvalue weighted by Crippen LogP contribution is -2.45. The molecule has 0 saturated carbocycles. The number of ether oxygens (including phenoxy) is 1. The number of hydrogen-bond acceptors (Lipinski definition) is 3. The normalized spacial score (nSPS) is 15.7. The highest BCUT2D eigenvalue weighted by molar-refractivity contribution is 5.85. The molecule has 1 aliphatic heterocycles. The monoisotopic (exact) mass is 346 g/mol. The van der Waals surface area contributed by atoms with Crippen molar-refractivity contribution in [3.05, 3.63) is 65.7 Å². The van der Waals surface area contributed by atoms with E-state index in [0.29, 0.717) is 0 Å². The maximum atomic E-state index is 5.89. The van der Waals surface area contributed by atoms with Gasteiger partial charge in [-0.25, -0.2) is 0 Å². The van der Waals surface area contributed by atoms with Crippen LogP contribution in [0.3, 0.4) is 0 Å². The van der Waals surface area contributed by atoms with E-state index in [2.05, 4.69) is 71.4 Å². The second-order valence-corrected chi connectivity index (χ2v) is 6.30. The van der Waals surface area contributed by atoms with Gasteiger partial charge < -0.3 is 9.64 Å². The van der Waals surface area contributed by atoms with Crippen LogP contribution in [0.25, 0.3) is 0 Å².